The highest BCUT2D eigenvalue weighted by Gasteiger charge is 2.52. The molecule has 15 heteroatoms. The van der Waals surface area contributed by atoms with Gasteiger partial charge >= 0.3 is 0 Å². The summed E-state index contributed by atoms with van der Waals surface area (Å²) in [7, 11) is 3.15. The van der Waals surface area contributed by atoms with Gasteiger partial charge in [-0.3, -0.25) is 0 Å². The molecular weight excluding hydrogens is 588 g/mol. The van der Waals surface area contributed by atoms with Crippen LogP contribution in [-0.4, -0.2) is 166 Å². The Bertz CT molecular complexity index is 914. The maximum Gasteiger partial charge on any atom is 0.187 e. The van der Waals surface area contributed by atoms with Crippen LogP contribution in [0.25, 0.3) is 0 Å². The average Bonchev–Trinajstić information content (AvgIpc) is 3.01. The molecule has 44 heavy (non-hydrogen) atoms. The molecule has 9 unspecified atom stereocenters. The monoisotopic (exact) mass is 638 g/mol. The van der Waals surface area contributed by atoms with Crippen LogP contribution in [0.4, 0.5) is 0 Å². The van der Waals surface area contributed by atoms with Gasteiger partial charge in [-0.1, -0.05) is 0 Å². The molecule has 8 N–H and O–H groups in total. The average molecular weight is 639 g/mol. The van der Waals surface area contributed by atoms with Crippen molar-refractivity contribution >= 4 is 0 Å². The Hall–Kier alpha value is -0.600. The normalized spacial score (nSPS) is 53.7. The number of methoxy groups -OCH3 is 2. The molecular formula is C29H50O15. The minimum absolute atomic E-state index is 0.0848. The number of hydrogen-bond donors (Lipinski definition) is 8. The van der Waals surface area contributed by atoms with Crippen molar-refractivity contribution in [3.63, 3.8) is 0 Å². The Labute approximate surface area is 256 Å². The van der Waals surface area contributed by atoms with E-state index >= 15 is 0 Å². The Morgan fingerprint density at radius 1 is 0.636 bits per heavy atom. The summed E-state index contributed by atoms with van der Waals surface area (Å²) in [6, 6.07) is 0. The highest BCUT2D eigenvalue weighted by atomic mass is 16.7. The second-order valence-corrected chi connectivity index (χ2v) is 13.1. The van der Waals surface area contributed by atoms with Gasteiger partial charge in [0.05, 0.1) is 55.4 Å². The fourth-order valence-electron chi connectivity index (χ4n) is 7.49. The van der Waals surface area contributed by atoms with Crippen molar-refractivity contribution < 1.29 is 74.0 Å². The van der Waals surface area contributed by atoms with Crippen LogP contribution in [0, 0.1) is 11.8 Å². The Balaban J connectivity index is 1.30. The van der Waals surface area contributed by atoms with E-state index in [1.165, 1.54) is 6.92 Å². The summed E-state index contributed by atoms with van der Waals surface area (Å²) in [5.74, 6) is -0.363. The third kappa shape index (κ3) is 7.12. The Morgan fingerprint density at radius 2 is 1.34 bits per heavy atom. The first kappa shape index (κ1) is 34.7. The quantitative estimate of drug-likeness (QED) is 0.134. The van der Waals surface area contributed by atoms with Crippen LogP contribution < -0.4 is 0 Å². The van der Waals surface area contributed by atoms with Crippen molar-refractivity contribution in [1.82, 2.24) is 0 Å². The molecule has 2 aliphatic carbocycles. The zero-order valence-corrected chi connectivity index (χ0v) is 25.4. The molecule has 256 valence electrons. The SMILES string of the molecule is COC1CC(O)C2CC(O[C@@H]3O[C@H](CO[C@@H]4O[C@@H](C)[C@H](O)[C@@H](O)[C@H]4O)[C@H](O)[C@H](O)[C@H]3O)C(C3CCC(O)C(OC)C3)OC2C1. The van der Waals surface area contributed by atoms with Gasteiger partial charge in [-0.2, -0.15) is 0 Å². The van der Waals surface area contributed by atoms with E-state index in [1.54, 1.807) is 14.2 Å². The van der Waals surface area contributed by atoms with Gasteiger partial charge in [0.25, 0.3) is 0 Å². The molecule has 2 saturated carbocycles. The van der Waals surface area contributed by atoms with E-state index in [1.807, 2.05) is 0 Å². The van der Waals surface area contributed by atoms with E-state index < -0.39 is 98.5 Å². The maximum absolute atomic E-state index is 11.0. The lowest BCUT2D eigenvalue weighted by molar-refractivity contribution is -0.346. The van der Waals surface area contributed by atoms with Crippen LogP contribution in [0.2, 0.25) is 0 Å². The Morgan fingerprint density at radius 3 is 2.05 bits per heavy atom. The van der Waals surface area contributed by atoms with Crippen LogP contribution >= 0.6 is 0 Å². The predicted molar refractivity (Wildman–Crippen MR) is 147 cm³/mol. The zero-order valence-electron chi connectivity index (χ0n) is 25.4. The second-order valence-electron chi connectivity index (χ2n) is 13.1. The number of fused-ring (bicyclic) bond motifs is 1. The van der Waals surface area contributed by atoms with Crippen LogP contribution in [0.3, 0.4) is 0 Å². The molecule has 3 aliphatic heterocycles. The first-order chi connectivity index (χ1) is 20.9. The number of hydrogen-bond acceptors (Lipinski definition) is 15. The van der Waals surface area contributed by atoms with E-state index in [4.69, 9.17) is 33.2 Å². The molecule has 3 heterocycles. The summed E-state index contributed by atoms with van der Waals surface area (Å²) in [4.78, 5) is 0. The zero-order chi connectivity index (χ0) is 31.9. The van der Waals surface area contributed by atoms with Gasteiger partial charge in [-0.15, -0.1) is 0 Å². The van der Waals surface area contributed by atoms with E-state index in [0.717, 1.165) is 0 Å². The summed E-state index contributed by atoms with van der Waals surface area (Å²) in [5.41, 5.74) is 0. The van der Waals surface area contributed by atoms with Crippen LogP contribution in [0.15, 0.2) is 0 Å². The predicted octanol–water partition coefficient (Wildman–Crippen LogP) is -2.86. The fourth-order valence-corrected chi connectivity index (χ4v) is 7.49. The third-order valence-electron chi connectivity index (χ3n) is 10.3. The van der Waals surface area contributed by atoms with E-state index in [-0.39, 0.29) is 24.0 Å². The number of aliphatic hydroxyl groups excluding tert-OH is 8. The molecule has 0 aromatic heterocycles. The maximum atomic E-state index is 11.0. The highest BCUT2D eigenvalue weighted by molar-refractivity contribution is 4.99. The standard InChI is InChI=1S/C29H50O15/c1-11-21(32)23(34)25(36)28(41-11)40-10-20-22(33)24(35)26(37)29(44-20)43-19-9-14-16(31)7-13(38-2)8-17(14)42-27(19)12-4-5-15(30)18(6-12)39-3/h11-37H,4-10H2,1-3H3/t11-,12?,13?,14?,15?,16?,17?,18?,19?,20+,21-,22-,23+,24-,25+,26+,27?,28+,29+/m0/s1. The topological polar surface area (TPSA) is 226 Å². The second kappa shape index (κ2) is 14.7. The largest absolute Gasteiger partial charge is 0.393 e. The van der Waals surface area contributed by atoms with Gasteiger partial charge in [0.2, 0.25) is 0 Å². The van der Waals surface area contributed by atoms with E-state index in [9.17, 15) is 40.9 Å². The first-order valence-electron chi connectivity index (χ1n) is 15.7. The molecule has 3 saturated heterocycles. The van der Waals surface area contributed by atoms with Gasteiger partial charge in [0, 0.05) is 26.6 Å². The molecule has 0 bridgehead atoms. The fraction of sp³-hybridized carbons (Fsp3) is 1.00. The van der Waals surface area contributed by atoms with Crippen molar-refractivity contribution in [2.75, 3.05) is 20.8 Å². The molecule has 0 aromatic rings. The molecule has 0 amide bonds. The van der Waals surface area contributed by atoms with Crippen molar-refractivity contribution in [2.24, 2.45) is 11.8 Å². The Kier molecular flexibility index (Phi) is 11.6. The summed E-state index contributed by atoms with van der Waals surface area (Å²) >= 11 is 0. The first-order valence-corrected chi connectivity index (χ1v) is 15.7. The van der Waals surface area contributed by atoms with Crippen molar-refractivity contribution in [2.45, 2.75) is 150 Å². The molecule has 0 spiro atoms. The number of rotatable bonds is 8. The van der Waals surface area contributed by atoms with Crippen molar-refractivity contribution in [3.8, 4) is 0 Å². The van der Waals surface area contributed by atoms with Gasteiger partial charge in [0.1, 0.15) is 42.7 Å². The summed E-state index contributed by atoms with van der Waals surface area (Å²) < 4.78 is 41.0. The lowest BCUT2D eigenvalue weighted by Crippen LogP contribution is -2.63. The smallest absolute Gasteiger partial charge is 0.187 e. The minimum atomic E-state index is -1.67. The van der Waals surface area contributed by atoms with Crippen molar-refractivity contribution in [1.29, 1.82) is 0 Å². The summed E-state index contributed by atoms with van der Waals surface area (Å²) in [6.07, 6.45) is -14.5. The molecule has 5 fully saturated rings. The van der Waals surface area contributed by atoms with Gasteiger partial charge in [-0.25, -0.2) is 0 Å². The van der Waals surface area contributed by atoms with Crippen molar-refractivity contribution in [3.05, 3.63) is 0 Å². The molecule has 5 aliphatic rings. The van der Waals surface area contributed by atoms with Gasteiger partial charge in [0.15, 0.2) is 12.6 Å². The number of ether oxygens (including phenoxy) is 7. The molecule has 5 rings (SSSR count). The lowest BCUT2D eigenvalue weighted by Gasteiger charge is -2.51. The van der Waals surface area contributed by atoms with Crippen LogP contribution in [0.5, 0.6) is 0 Å². The van der Waals surface area contributed by atoms with Gasteiger partial charge in [-0.05, 0) is 44.9 Å². The highest BCUT2D eigenvalue weighted by Crippen LogP contribution is 2.44. The van der Waals surface area contributed by atoms with E-state index in [0.29, 0.717) is 38.5 Å². The lowest BCUT2D eigenvalue weighted by atomic mass is 9.72. The van der Waals surface area contributed by atoms with Crippen LogP contribution in [0.1, 0.15) is 45.4 Å². The molecule has 0 aromatic carbocycles. The van der Waals surface area contributed by atoms with Crippen LogP contribution in [-0.2, 0) is 33.2 Å². The third-order valence-corrected chi connectivity index (χ3v) is 10.3. The van der Waals surface area contributed by atoms with E-state index in [2.05, 4.69) is 0 Å². The minimum Gasteiger partial charge on any atom is -0.393 e. The molecule has 0 radical (unpaired) electrons. The molecule has 19 atom stereocenters. The summed E-state index contributed by atoms with van der Waals surface area (Å²) in [5, 5.41) is 84.0. The van der Waals surface area contributed by atoms with Gasteiger partial charge < -0.3 is 74.0 Å². The molecule has 15 nitrogen and oxygen atoms in total. The summed E-state index contributed by atoms with van der Waals surface area (Å²) in [6.45, 7) is 1.09. The number of aliphatic hydroxyl groups is 8.